The van der Waals surface area contributed by atoms with Crippen molar-refractivity contribution in [3.63, 3.8) is 0 Å². The van der Waals surface area contributed by atoms with Gasteiger partial charge in [-0.15, -0.1) is 0 Å². The third kappa shape index (κ3) is 2.44. The van der Waals surface area contributed by atoms with Crippen LogP contribution in [0.25, 0.3) is 0 Å². The number of nitrogens with zero attached hydrogens (tertiary/aromatic N) is 1. The van der Waals surface area contributed by atoms with Gasteiger partial charge in [0.25, 0.3) is 0 Å². The number of hydrogen-bond acceptors (Lipinski definition) is 3. The summed E-state index contributed by atoms with van der Waals surface area (Å²) in [6.45, 7) is 1.29. The molecule has 3 aromatic carbocycles. The van der Waals surface area contributed by atoms with Gasteiger partial charge in [-0.3, -0.25) is 0 Å². The highest BCUT2D eigenvalue weighted by molar-refractivity contribution is 5.84. The van der Waals surface area contributed by atoms with Crippen molar-refractivity contribution in [1.29, 1.82) is 0 Å². The van der Waals surface area contributed by atoms with Gasteiger partial charge in [0.2, 0.25) is 0 Å². The quantitative estimate of drug-likeness (QED) is 0.510. The summed E-state index contributed by atoms with van der Waals surface area (Å²) in [6, 6.07) is 25.6. The molecule has 0 aliphatic carbocycles. The van der Waals surface area contributed by atoms with Crippen LogP contribution in [-0.2, 0) is 15.9 Å². The molecule has 3 aromatic rings. The van der Waals surface area contributed by atoms with Crippen LogP contribution in [0.2, 0.25) is 0 Å². The first kappa shape index (κ1) is 14.7. The Balaban J connectivity index is 1.72. The minimum absolute atomic E-state index is 0.294. The first-order valence-corrected chi connectivity index (χ1v) is 8.70. The van der Waals surface area contributed by atoms with Crippen molar-refractivity contribution >= 4 is 17.1 Å². The van der Waals surface area contributed by atoms with Crippen molar-refractivity contribution < 1.29 is 9.47 Å². The summed E-state index contributed by atoms with van der Waals surface area (Å²) in [7, 11) is 0. The Labute approximate surface area is 147 Å². The molecule has 0 N–H and O–H groups in total. The lowest BCUT2D eigenvalue weighted by Crippen LogP contribution is -2.20. The van der Waals surface area contributed by atoms with Crippen LogP contribution in [-0.4, -0.2) is 13.2 Å². The molecule has 0 saturated carbocycles. The predicted octanol–water partition coefficient (Wildman–Crippen LogP) is 5.11. The van der Waals surface area contributed by atoms with Crippen LogP contribution in [0.3, 0.4) is 0 Å². The van der Waals surface area contributed by atoms with Crippen LogP contribution < -0.4 is 4.90 Å². The van der Waals surface area contributed by atoms with Gasteiger partial charge in [-0.2, -0.15) is 0 Å². The van der Waals surface area contributed by atoms with Crippen LogP contribution in [0.1, 0.15) is 23.0 Å². The van der Waals surface area contributed by atoms with Crippen molar-refractivity contribution in [2.24, 2.45) is 0 Å². The average molecular weight is 329 g/mol. The van der Waals surface area contributed by atoms with Gasteiger partial charge in [-0.25, -0.2) is 0 Å². The van der Waals surface area contributed by atoms with E-state index in [-0.39, 0.29) is 6.29 Å². The number of hydrogen-bond donors (Lipinski definition) is 0. The summed E-state index contributed by atoms with van der Waals surface area (Å²) >= 11 is 0. The Bertz CT molecular complexity index is 870. The van der Waals surface area contributed by atoms with Gasteiger partial charge in [0, 0.05) is 23.4 Å². The molecule has 0 aromatic heterocycles. The first-order chi connectivity index (χ1) is 12.4. The zero-order chi connectivity index (χ0) is 16.6. The van der Waals surface area contributed by atoms with Crippen LogP contribution in [0.15, 0.2) is 72.8 Å². The summed E-state index contributed by atoms with van der Waals surface area (Å²) in [5.41, 5.74) is 7.33. The van der Waals surface area contributed by atoms with Crippen molar-refractivity contribution in [2.75, 3.05) is 18.1 Å². The lowest BCUT2D eigenvalue weighted by Gasteiger charge is -2.35. The summed E-state index contributed by atoms with van der Waals surface area (Å²) in [5.74, 6) is 0. The molecule has 0 bridgehead atoms. The highest BCUT2D eigenvalue weighted by atomic mass is 16.7. The molecule has 2 aliphatic rings. The third-order valence-electron chi connectivity index (χ3n) is 4.90. The fourth-order valence-corrected chi connectivity index (χ4v) is 3.78. The van der Waals surface area contributed by atoms with Gasteiger partial charge in [-0.1, -0.05) is 54.6 Å². The predicted molar refractivity (Wildman–Crippen MR) is 98.6 cm³/mol. The fourth-order valence-electron chi connectivity index (χ4n) is 3.78. The zero-order valence-electron chi connectivity index (χ0n) is 13.9. The Kier molecular flexibility index (Phi) is 3.54. The van der Waals surface area contributed by atoms with Crippen LogP contribution >= 0.6 is 0 Å². The Hall–Kier alpha value is -2.62. The van der Waals surface area contributed by atoms with E-state index < -0.39 is 0 Å². The standard InChI is InChI=1S/C22H19NO2/c1-4-10-19-16(7-1)15-17-8-2-5-11-20(17)23(19)21-12-6-3-9-18(21)22-24-13-14-25-22/h1-12,22H,13-15H2. The monoisotopic (exact) mass is 329 g/mol. The molecule has 25 heavy (non-hydrogen) atoms. The first-order valence-electron chi connectivity index (χ1n) is 8.70. The minimum Gasteiger partial charge on any atom is -0.346 e. The van der Waals surface area contributed by atoms with Crippen LogP contribution in [0.4, 0.5) is 17.1 Å². The second kappa shape index (κ2) is 6.03. The maximum atomic E-state index is 5.80. The molecule has 0 amide bonds. The number of para-hydroxylation sites is 3. The number of ether oxygens (including phenoxy) is 2. The average Bonchev–Trinajstić information content (AvgIpc) is 3.21. The lowest BCUT2D eigenvalue weighted by molar-refractivity contribution is -0.0436. The van der Waals surface area contributed by atoms with E-state index in [2.05, 4.69) is 71.6 Å². The van der Waals surface area contributed by atoms with E-state index in [1.54, 1.807) is 0 Å². The van der Waals surface area contributed by atoms with E-state index in [9.17, 15) is 0 Å². The molecule has 2 aliphatic heterocycles. The van der Waals surface area contributed by atoms with E-state index >= 15 is 0 Å². The van der Waals surface area contributed by atoms with Gasteiger partial charge in [-0.05, 0) is 29.3 Å². The van der Waals surface area contributed by atoms with Crippen molar-refractivity contribution in [3.05, 3.63) is 89.5 Å². The summed E-state index contributed by atoms with van der Waals surface area (Å²) in [4.78, 5) is 2.34. The maximum Gasteiger partial charge on any atom is 0.186 e. The number of benzene rings is 3. The SMILES string of the molecule is c1ccc2c(c1)Cc1ccccc1N2c1ccccc1C1OCCO1. The second-order valence-electron chi connectivity index (χ2n) is 6.40. The van der Waals surface area contributed by atoms with Gasteiger partial charge >= 0.3 is 0 Å². The van der Waals surface area contributed by atoms with E-state index in [1.807, 2.05) is 6.07 Å². The topological polar surface area (TPSA) is 21.7 Å². The Morgan fingerprint density at radius 3 is 1.80 bits per heavy atom. The highest BCUT2D eigenvalue weighted by Gasteiger charge is 2.28. The molecule has 2 heterocycles. The molecule has 1 saturated heterocycles. The largest absolute Gasteiger partial charge is 0.346 e. The summed E-state index contributed by atoms with van der Waals surface area (Å²) in [5, 5.41) is 0. The molecule has 0 atom stereocenters. The summed E-state index contributed by atoms with van der Waals surface area (Å²) < 4.78 is 11.6. The normalized spacial score (nSPS) is 16.6. The maximum absolute atomic E-state index is 5.80. The number of fused-ring (bicyclic) bond motifs is 2. The third-order valence-corrected chi connectivity index (χ3v) is 4.90. The molecule has 0 unspecified atom stereocenters. The van der Waals surface area contributed by atoms with E-state index in [4.69, 9.17) is 9.47 Å². The molecule has 0 spiro atoms. The molecule has 5 rings (SSSR count). The molecule has 3 heteroatoms. The van der Waals surface area contributed by atoms with E-state index in [0.29, 0.717) is 13.2 Å². The molecule has 3 nitrogen and oxygen atoms in total. The van der Waals surface area contributed by atoms with E-state index in [0.717, 1.165) is 17.7 Å². The van der Waals surface area contributed by atoms with Crippen molar-refractivity contribution in [2.45, 2.75) is 12.7 Å². The van der Waals surface area contributed by atoms with Gasteiger partial charge in [0.05, 0.1) is 18.9 Å². The lowest BCUT2D eigenvalue weighted by atomic mass is 9.94. The Morgan fingerprint density at radius 2 is 1.16 bits per heavy atom. The molecule has 1 fully saturated rings. The highest BCUT2D eigenvalue weighted by Crippen LogP contribution is 2.46. The molecule has 124 valence electrons. The van der Waals surface area contributed by atoms with E-state index in [1.165, 1.54) is 22.5 Å². The van der Waals surface area contributed by atoms with Gasteiger partial charge in [0.15, 0.2) is 6.29 Å². The fraction of sp³-hybridized carbons (Fsp3) is 0.182. The van der Waals surface area contributed by atoms with Gasteiger partial charge < -0.3 is 14.4 Å². The minimum atomic E-state index is -0.294. The van der Waals surface area contributed by atoms with Gasteiger partial charge in [0.1, 0.15) is 0 Å². The Morgan fingerprint density at radius 1 is 0.640 bits per heavy atom. The van der Waals surface area contributed by atoms with Crippen molar-refractivity contribution in [1.82, 2.24) is 0 Å². The number of anilines is 3. The zero-order valence-corrected chi connectivity index (χ0v) is 13.9. The summed E-state index contributed by atoms with van der Waals surface area (Å²) in [6.07, 6.45) is 0.666. The smallest absolute Gasteiger partial charge is 0.186 e. The van der Waals surface area contributed by atoms with Crippen molar-refractivity contribution in [3.8, 4) is 0 Å². The molecular formula is C22H19NO2. The molecular weight excluding hydrogens is 310 g/mol. The van der Waals surface area contributed by atoms with Crippen LogP contribution in [0, 0.1) is 0 Å². The second-order valence-corrected chi connectivity index (χ2v) is 6.40. The number of rotatable bonds is 2. The van der Waals surface area contributed by atoms with Crippen LogP contribution in [0.5, 0.6) is 0 Å². The molecule has 0 radical (unpaired) electrons.